The number of rotatable bonds is 8. The minimum Gasteiger partial charge on any atom is -1.00 e. The molecule has 0 saturated carbocycles. The molecule has 3 aromatic heterocycles. The molecule has 0 saturated heterocycles. The number of aromatic hydroxyl groups is 1. The average molecular weight is 1240 g/mol. The molecule has 12 nitrogen and oxygen atoms in total. The number of hydrogen-bond acceptors (Lipinski definition) is 12. The summed E-state index contributed by atoms with van der Waals surface area (Å²) in [6.07, 6.45) is 0. The summed E-state index contributed by atoms with van der Waals surface area (Å²) in [6.45, 7) is 9.72. The molecule has 0 aliphatic carbocycles. The average Bonchev–Trinajstić information content (AvgIpc) is 3.39. The zero-order chi connectivity index (χ0) is 57.9. The summed E-state index contributed by atoms with van der Waals surface area (Å²) in [5.41, 5.74) is -1.52. The second-order valence-electron chi connectivity index (χ2n) is 16.9. The second kappa shape index (κ2) is 35.1. The number of halogens is 11. The zero-order valence-electron chi connectivity index (χ0n) is 46.9. The minimum atomic E-state index is -1.46. The van der Waals surface area contributed by atoms with E-state index in [2.05, 4.69) is 19.8 Å². The van der Waals surface area contributed by atoms with Crippen molar-refractivity contribution in [3.05, 3.63) is 209 Å². The van der Waals surface area contributed by atoms with Gasteiger partial charge in [-0.15, -0.1) is 0 Å². The number of aliphatic hydroxyl groups is 1. The Bertz CT molecular complexity index is 3740. The molecule has 0 radical (unpaired) electrons. The number of carbonyl (C=O) groups excluding carboxylic acids is 3. The first-order chi connectivity index (χ1) is 36.7. The first kappa shape index (κ1) is 78.3. The molecule has 3 heterocycles. The summed E-state index contributed by atoms with van der Waals surface area (Å²) in [6, 6.07) is 23.0. The van der Waals surface area contributed by atoms with Crippen molar-refractivity contribution in [1.29, 1.82) is 0 Å². The van der Waals surface area contributed by atoms with Crippen molar-refractivity contribution in [1.82, 2.24) is 15.0 Å². The van der Waals surface area contributed by atoms with Gasteiger partial charge in [0.15, 0.2) is 46.5 Å². The molecule has 0 fully saturated rings. The molecular weight excluding hydrogens is 1200 g/mol. The van der Waals surface area contributed by atoms with Gasteiger partial charge in [-0.1, -0.05) is 18.2 Å². The number of benzene rings is 6. The van der Waals surface area contributed by atoms with Crippen molar-refractivity contribution >= 4 is 73.8 Å². The van der Waals surface area contributed by atoms with E-state index in [0.29, 0.717) is 21.9 Å². The van der Waals surface area contributed by atoms with Gasteiger partial charge in [-0.2, -0.15) is 0 Å². The predicted molar refractivity (Wildman–Crippen MR) is 276 cm³/mol. The summed E-state index contributed by atoms with van der Waals surface area (Å²) in [7, 11) is 0. The molecule has 6 aromatic carbocycles. The van der Waals surface area contributed by atoms with Crippen LogP contribution in [0.2, 0.25) is 0 Å². The van der Waals surface area contributed by atoms with Crippen LogP contribution in [0.15, 0.2) is 109 Å². The van der Waals surface area contributed by atoms with E-state index in [1.54, 1.807) is 13.8 Å². The Kier molecular flexibility index (Phi) is 33.1. The van der Waals surface area contributed by atoms with Gasteiger partial charge in [0.25, 0.3) is 6.47 Å². The van der Waals surface area contributed by atoms with Crippen LogP contribution in [-0.2, 0) is 15.3 Å². The van der Waals surface area contributed by atoms with Gasteiger partial charge in [-0.25, -0.2) is 58.9 Å². The first-order valence-corrected chi connectivity index (χ1v) is 22.5. The smallest absolute Gasteiger partial charge is 1.00 e. The van der Waals surface area contributed by atoms with Crippen LogP contribution >= 0.6 is 0 Å². The van der Waals surface area contributed by atoms with Crippen LogP contribution in [0.5, 0.6) is 28.7 Å². The van der Waals surface area contributed by atoms with Gasteiger partial charge in [0.1, 0.15) is 68.6 Å². The number of pyridine rings is 3. The predicted octanol–water partition coefficient (Wildman–Crippen LogP) is 4.26. The molecule has 2 N–H and O–H groups in total. The molecule has 0 amide bonds. The normalized spacial score (nSPS) is 10.1. The Morgan fingerprint density at radius 3 is 1.22 bits per heavy atom. The number of nitrogens with zero attached hydrogens (tertiary/aromatic N) is 3. The number of hydrogen-bond donors (Lipinski definition) is 2. The van der Waals surface area contributed by atoms with Gasteiger partial charge < -0.3 is 51.1 Å². The van der Waals surface area contributed by atoms with Gasteiger partial charge >= 0.3 is 126 Å². The number of carbonyl (C=O) groups is 3. The zero-order valence-corrected chi connectivity index (χ0v) is 54.3. The molecule has 0 unspecified atom stereocenters. The third-order valence-corrected chi connectivity index (χ3v) is 10.8. The third kappa shape index (κ3) is 20.2. The van der Waals surface area contributed by atoms with Gasteiger partial charge in [0.2, 0.25) is 0 Å². The maximum Gasteiger partial charge on any atom is 2.00 e. The molecule has 0 spiro atoms. The minimum absolute atomic E-state index is 0. The maximum absolute atomic E-state index is 14.2. The Balaban J connectivity index is 0. The van der Waals surface area contributed by atoms with E-state index in [1.807, 2.05) is 0 Å². The fourth-order valence-corrected chi connectivity index (χ4v) is 7.16. The Morgan fingerprint density at radius 2 is 0.855 bits per heavy atom. The van der Waals surface area contributed by atoms with Crippen LogP contribution in [0.25, 0.3) is 32.7 Å². The fourth-order valence-electron chi connectivity index (χ4n) is 7.16. The van der Waals surface area contributed by atoms with Gasteiger partial charge in [0, 0.05) is 16.2 Å². The van der Waals surface area contributed by atoms with E-state index < -0.39 is 80.9 Å². The van der Waals surface area contributed by atoms with E-state index in [-0.39, 0.29) is 221 Å². The van der Waals surface area contributed by atoms with Crippen LogP contribution in [-0.4, -0.2) is 66.3 Å². The van der Waals surface area contributed by atoms with Crippen LogP contribution in [0.1, 0.15) is 72.5 Å². The van der Waals surface area contributed by atoms with Crippen molar-refractivity contribution in [2.45, 2.75) is 54.1 Å². The van der Waals surface area contributed by atoms with Crippen LogP contribution in [0.3, 0.4) is 0 Å². The molecule has 0 bridgehead atoms. The molecule has 0 atom stereocenters. The standard InChI is InChI=1S/C19H16F3NO2.C18H12F3NO2.C10H7F2NO.C8H6F2O.CH2O3.CH3.ClH.2K.Mg.H/c1-10-15(9-11-7-8-13(21)17(22)18(11)23-10)25-14-6-4-5-12(20)16(14)19(2,3)24;1-9-15(8-11-6-7-13(20)17(21)18(11)22-9)24-14-5-3-4-12(19)16(14)10(2)23;1-5-8(14)4-6-2-3-7(11)9(12)10(6)13-5;1-5(11)8-6(9)3-2-4-7(8)10;2-1-4-3;;;;;;/h4-9,24H,1-3H3;3-8H,1-2H3;2-4,14H,1H3;2-4H,1H3;1,3H;1H3;1H;;;;/q;;;;;-1;;2*+1;+2;-1/p-2. The molecule has 83 heavy (non-hydrogen) atoms. The molecule has 9 rings (SSSR count). The van der Waals surface area contributed by atoms with Gasteiger partial charge in [0.05, 0.1) is 39.4 Å². The number of fused-ring (bicyclic) bond motifs is 3. The van der Waals surface area contributed by atoms with Crippen LogP contribution in [0, 0.1) is 86.4 Å². The number of ether oxygens (including phenoxy) is 2. The van der Waals surface area contributed by atoms with Crippen molar-refractivity contribution in [3.63, 3.8) is 0 Å². The SMILES string of the molecule is CC(=O)c1c(F)cccc1F.CC(=O)c1c(F)cccc1Oc1cc2ccc(F)c(F)c2nc1C.Cc1nc2c(F)c(F)ccc2cc1O.Cc1nc2c(F)c(F)ccc2cc1Oc1cccc(F)c1C(C)(C)O.O=CO[O-].[CH3-].[Cl-].[H-].[K+].[K+].[Mg+2]. The van der Waals surface area contributed by atoms with Crippen molar-refractivity contribution in [2.75, 3.05) is 0 Å². The van der Waals surface area contributed by atoms with Crippen molar-refractivity contribution < 1.29 is 205 Å². The summed E-state index contributed by atoms with van der Waals surface area (Å²) in [4.78, 5) is 45.3. The molecule has 26 heteroatoms. The summed E-state index contributed by atoms with van der Waals surface area (Å²) in [5, 5.41) is 29.0. The fraction of sp³-hybridized carbons (Fsp3) is 0.140. The second-order valence-corrected chi connectivity index (χ2v) is 16.9. The van der Waals surface area contributed by atoms with Crippen molar-refractivity contribution in [3.8, 4) is 28.7 Å². The maximum atomic E-state index is 14.2. The molecule has 0 aliphatic heterocycles. The van der Waals surface area contributed by atoms with Crippen LogP contribution < -0.4 is 130 Å². The van der Waals surface area contributed by atoms with E-state index in [4.69, 9.17) is 19.5 Å². The van der Waals surface area contributed by atoms with Crippen LogP contribution in [0.4, 0.5) is 43.9 Å². The Hall–Kier alpha value is -4.69. The van der Waals surface area contributed by atoms with Crippen molar-refractivity contribution in [2.24, 2.45) is 0 Å². The summed E-state index contributed by atoms with van der Waals surface area (Å²) >= 11 is 0. The third-order valence-electron chi connectivity index (χ3n) is 10.8. The van der Waals surface area contributed by atoms with E-state index in [0.717, 1.165) is 43.3 Å². The molecule has 9 aromatic rings. The van der Waals surface area contributed by atoms with E-state index >= 15 is 0 Å². The van der Waals surface area contributed by atoms with E-state index in [1.165, 1.54) is 100 Å². The van der Waals surface area contributed by atoms with Gasteiger partial charge in [-0.05, 0) is 139 Å². The number of Topliss-reactive ketones (excluding diaryl/α,β-unsaturated/α-hetero) is 2. The monoisotopic (exact) mass is 1240 g/mol. The Labute approximate surface area is 577 Å². The number of aromatic nitrogens is 3. The topological polar surface area (TPSA) is 181 Å². The molecule has 0 aliphatic rings. The number of ketones is 2. The quantitative estimate of drug-likeness (QED) is 0.0421. The van der Waals surface area contributed by atoms with E-state index in [9.17, 15) is 63.7 Å². The molecular formula is C57H46ClF10K2MgN3O9. The summed E-state index contributed by atoms with van der Waals surface area (Å²) in [5.74, 6) is -9.35. The largest absolute Gasteiger partial charge is 2.00 e. The van der Waals surface area contributed by atoms with Gasteiger partial charge in [-0.3, -0.25) is 14.4 Å². The summed E-state index contributed by atoms with van der Waals surface area (Å²) < 4.78 is 145. The number of aryl methyl sites for hydroxylation is 3. The Morgan fingerprint density at radius 1 is 0.530 bits per heavy atom. The first-order valence-electron chi connectivity index (χ1n) is 22.5. The molecule has 424 valence electrons.